The lowest BCUT2D eigenvalue weighted by molar-refractivity contribution is -0.222. The van der Waals surface area contributed by atoms with Crippen LogP contribution < -0.4 is 4.89 Å². The van der Waals surface area contributed by atoms with Gasteiger partial charge in [-0.2, -0.15) is 0 Å². The highest BCUT2D eigenvalue weighted by Gasteiger charge is 2.39. The number of esters is 1. The Hall–Kier alpha value is -1.12. The Morgan fingerprint density at radius 2 is 2.12 bits per heavy atom. The second-order valence-corrected chi connectivity index (χ2v) is 4.09. The minimum atomic E-state index is -5.02. The molecule has 1 heterocycles. The van der Waals surface area contributed by atoms with Crippen molar-refractivity contribution in [3.8, 4) is 0 Å². The molecule has 9 nitrogen and oxygen atoms in total. The number of phosphoric acid groups is 1. The van der Waals surface area contributed by atoms with Crippen LogP contribution in [0.25, 0.3) is 0 Å². The van der Waals surface area contributed by atoms with Crippen LogP contribution >= 0.6 is 7.82 Å². The van der Waals surface area contributed by atoms with Crippen LogP contribution in [-0.2, 0) is 18.6 Å². The van der Waals surface area contributed by atoms with E-state index in [1.165, 1.54) is 0 Å². The van der Waals surface area contributed by atoms with E-state index < -0.39 is 44.1 Å². The second-order valence-electron chi connectivity index (χ2n) is 2.89. The molecule has 0 aromatic carbocycles. The minimum absolute atomic E-state index is 0.931. The molecule has 0 radical (unpaired) electrons. The fraction of sp³-hybridized carbons (Fsp3) is 0.500. The molecule has 16 heavy (non-hydrogen) atoms. The van der Waals surface area contributed by atoms with Gasteiger partial charge in [-0.15, -0.1) is 0 Å². The number of cyclic esters (lactones) is 1. The Labute approximate surface area is 88.8 Å². The molecule has 0 saturated heterocycles. The Morgan fingerprint density at radius 3 is 2.50 bits per heavy atom. The van der Waals surface area contributed by atoms with Crippen molar-refractivity contribution >= 4 is 13.8 Å². The van der Waals surface area contributed by atoms with Crippen molar-refractivity contribution in [1.29, 1.82) is 0 Å². The van der Waals surface area contributed by atoms with Gasteiger partial charge in [-0.25, -0.2) is 4.79 Å². The summed E-state index contributed by atoms with van der Waals surface area (Å²) in [6.45, 7) is -0.938. The van der Waals surface area contributed by atoms with Crippen molar-refractivity contribution in [3.05, 3.63) is 11.5 Å². The van der Waals surface area contributed by atoms with Gasteiger partial charge in [-0.1, -0.05) is 0 Å². The van der Waals surface area contributed by atoms with E-state index in [4.69, 9.17) is 15.1 Å². The average Bonchev–Trinajstić information content (AvgIpc) is 2.41. The first-order valence-corrected chi connectivity index (χ1v) is 5.41. The first-order chi connectivity index (χ1) is 7.22. The van der Waals surface area contributed by atoms with Crippen molar-refractivity contribution in [3.63, 3.8) is 0 Å². The summed E-state index contributed by atoms with van der Waals surface area (Å²) >= 11 is 0. The molecule has 0 aromatic rings. The molecular formula is C6H8O9P-. The maximum Gasteiger partial charge on any atom is 0.377 e. The van der Waals surface area contributed by atoms with Crippen LogP contribution in [0.1, 0.15) is 0 Å². The molecule has 1 rings (SSSR count). The molecule has 0 saturated carbocycles. The van der Waals surface area contributed by atoms with E-state index in [-0.39, 0.29) is 0 Å². The SMILES string of the molecule is O=C1O[C@H]([C@@H](O)COP(=O)([O-])O)C(O)=C1O. The largest absolute Gasteiger partial charge is 0.756 e. The number of hydrogen-bond acceptors (Lipinski definition) is 8. The van der Waals surface area contributed by atoms with Crippen molar-refractivity contribution in [2.45, 2.75) is 12.2 Å². The van der Waals surface area contributed by atoms with E-state index in [0.29, 0.717) is 0 Å². The van der Waals surface area contributed by atoms with Crippen LogP contribution in [0.15, 0.2) is 11.5 Å². The van der Waals surface area contributed by atoms with Gasteiger partial charge in [0.2, 0.25) is 5.76 Å². The zero-order valence-corrected chi connectivity index (χ0v) is 8.53. The van der Waals surface area contributed by atoms with Gasteiger partial charge in [0.15, 0.2) is 11.9 Å². The Balaban J connectivity index is 2.61. The number of carbonyl (C=O) groups excluding carboxylic acids is 1. The molecule has 4 N–H and O–H groups in total. The fourth-order valence-electron chi connectivity index (χ4n) is 0.985. The lowest BCUT2D eigenvalue weighted by Crippen LogP contribution is -2.33. The number of phosphoric ester groups is 1. The lowest BCUT2D eigenvalue weighted by Gasteiger charge is -2.21. The highest BCUT2D eigenvalue weighted by Crippen LogP contribution is 2.31. The summed E-state index contributed by atoms with van der Waals surface area (Å²) in [5.74, 6) is -3.26. The molecule has 92 valence electrons. The highest BCUT2D eigenvalue weighted by atomic mass is 31.2. The van der Waals surface area contributed by atoms with Gasteiger partial charge in [0, 0.05) is 0 Å². The normalized spacial score (nSPS) is 26.4. The summed E-state index contributed by atoms with van der Waals surface area (Å²) in [5, 5.41) is 27.2. The van der Waals surface area contributed by atoms with E-state index in [1.54, 1.807) is 0 Å². The Kier molecular flexibility index (Phi) is 3.56. The first-order valence-electron chi connectivity index (χ1n) is 3.92. The molecule has 0 aliphatic carbocycles. The fourth-order valence-corrected chi connectivity index (χ4v) is 1.33. The number of hydrogen-bond donors (Lipinski definition) is 4. The molecule has 0 amide bonds. The molecule has 10 heteroatoms. The van der Waals surface area contributed by atoms with E-state index in [0.717, 1.165) is 0 Å². The standard InChI is InChI=1S/C6H9O9P/c7-2(1-14-16(11,12)13)5-3(8)4(9)6(10)15-5/h2,5,7-9H,1H2,(H2,11,12,13)/p-1/t2-,5+/m0/s1. The molecule has 0 bridgehead atoms. The van der Waals surface area contributed by atoms with Gasteiger partial charge in [-0.3, -0.25) is 4.57 Å². The van der Waals surface area contributed by atoms with E-state index in [1.807, 2.05) is 0 Å². The summed E-state index contributed by atoms with van der Waals surface area (Å²) in [5.41, 5.74) is 0. The predicted octanol–water partition coefficient (Wildman–Crippen LogP) is -1.92. The third-order valence-corrected chi connectivity index (χ3v) is 2.17. The Bertz CT molecular complexity index is 368. The number of aliphatic hydroxyl groups excluding tert-OH is 3. The van der Waals surface area contributed by atoms with Crippen LogP contribution in [0.5, 0.6) is 0 Å². The molecule has 3 atom stereocenters. The van der Waals surface area contributed by atoms with E-state index >= 15 is 0 Å². The van der Waals surface area contributed by atoms with Crippen LogP contribution in [-0.4, -0.2) is 45.0 Å². The number of ether oxygens (including phenoxy) is 1. The quantitative estimate of drug-likeness (QED) is 0.332. The van der Waals surface area contributed by atoms with Crippen molar-refractivity contribution in [2.24, 2.45) is 0 Å². The predicted molar refractivity (Wildman–Crippen MR) is 43.9 cm³/mol. The van der Waals surface area contributed by atoms with Gasteiger partial charge in [0.05, 0.1) is 6.61 Å². The number of carbonyl (C=O) groups is 1. The molecule has 1 unspecified atom stereocenters. The van der Waals surface area contributed by atoms with Crippen LogP contribution in [0.3, 0.4) is 0 Å². The number of rotatable bonds is 4. The van der Waals surface area contributed by atoms with Crippen molar-refractivity contribution < 1.29 is 43.7 Å². The summed E-state index contributed by atoms with van der Waals surface area (Å²) in [6.07, 6.45) is -3.37. The van der Waals surface area contributed by atoms with Gasteiger partial charge < -0.3 is 34.4 Å². The zero-order chi connectivity index (χ0) is 12.5. The molecule has 0 spiro atoms. The molecule has 1 aliphatic heterocycles. The minimum Gasteiger partial charge on any atom is -0.756 e. The molecule has 0 aromatic heterocycles. The summed E-state index contributed by atoms with van der Waals surface area (Å²) in [7, 11) is -5.02. The second kappa shape index (κ2) is 4.40. The van der Waals surface area contributed by atoms with Crippen LogP contribution in [0, 0.1) is 0 Å². The maximum atomic E-state index is 10.7. The summed E-state index contributed by atoms with van der Waals surface area (Å²) in [4.78, 5) is 29.1. The van der Waals surface area contributed by atoms with Gasteiger partial charge in [-0.05, 0) is 0 Å². The topological polar surface area (TPSA) is 157 Å². The third kappa shape index (κ3) is 2.94. The smallest absolute Gasteiger partial charge is 0.377 e. The van der Waals surface area contributed by atoms with Gasteiger partial charge in [0.25, 0.3) is 7.82 Å². The third-order valence-electron chi connectivity index (χ3n) is 1.70. The zero-order valence-electron chi connectivity index (χ0n) is 7.64. The molecule has 0 fully saturated rings. The summed E-state index contributed by atoms with van der Waals surface area (Å²) in [6, 6.07) is 0. The molecule has 1 aliphatic rings. The van der Waals surface area contributed by atoms with Gasteiger partial charge in [0.1, 0.15) is 6.10 Å². The molecular weight excluding hydrogens is 247 g/mol. The number of aliphatic hydroxyl groups is 3. The average molecular weight is 255 g/mol. The van der Waals surface area contributed by atoms with Crippen LogP contribution in [0.4, 0.5) is 0 Å². The monoisotopic (exact) mass is 255 g/mol. The van der Waals surface area contributed by atoms with Crippen molar-refractivity contribution in [1.82, 2.24) is 0 Å². The Morgan fingerprint density at radius 1 is 1.56 bits per heavy atom. The maximum absolute atomic E-state index is 10.7. The first kappa shape index (κ1) is 12.9. The summed E-state index contributed by atoms with van der Waals surface area (Å²) < 4.78 is 18.3. The van der Waals surface area contributed by atoms with Gasteiger partial charge >= 0.3 is 5.97 Å². The lowest BCUT2D eigenvalue weighted by atomic mass is 10.2. The van der Waals surface area contributed by atoms with Crippen molar-refractivity contribution in [2.75, 3.05) is 6.61 Å². The van der Waals surface area contributed by atoms with E-state index in [9.17, 15) is 19.4 Å². The van der Waals surface area contributed by atoms with E-state index in [2.05, 4.69) is 9.26 Å². The highest BCUT2D eigenvalue weighted by molar-refractivity contribution is 7.44. The van der Waals surface area contributed by atoms with Crippen LogP contribution in [0.2, 0.25) is 0 Å².